The summed E-state index contributed by atoms with van der Waals surface area (Å²) in [6, 6.07) is 6.02. The summed E-state index contributed by atoms with van der Waals surface area (Å²) in [6.45, 7) is 4.73. The van der Waals surface area contributed by atoms with E-state index >= 15 is 0 Å². The van der Waals surface area contributed by atoms with E-state index in [0.29, 0.717) is 0 Å². The van der Waals surface area contributed by atoms with Gasteiger partial charge in [-0.15, -0.1) is 0 Å². The fourth-order valence-corrected chi connectivity index (χ4v) is 1.97. The highest BCUT2D eigenvalue weighted by molar-refractivity contribution is 5.47. The summed E-state index contributed by atoms with van der Waals surface area (Å²) in [7, 11) is 0. The van der Waals surface area contributed by atoms with Crippen molar-refractivity contribution in [1.82, 2.24) is 4.98 Å². The zero-order chi connectivity index (χ0) is 11.4. The van der Waals surface area contributed by atoms with Crippen molar-refractivity contribution in [1.29, 1.82) is 0 Å². The molecule has 2 heterocycles. The minimum absolute atomic E-state index is 0.131. The zero-order valence-electron chi connectivity index (χ0n) is 9.69. The van der Waals surface area contributed by atoms with Gasteiger partial charge < -0.3 is 15.3 Å². The van der Waals surface area contributed by atoms with E-state index in [0.717, 1.165) is 44.1 Å². The summed E-state index contributed by atoms with van der Waals surface area (Å²) in [4.78, 5) is 6.77. The number of anilines is 2. The number of pyridine rings is 1. The Balaban J connectivity index is 2.05. The lowest BCUT2D eigenvalue weighted by atomic mass is 10.1. The van der Waals surface area contributed by atoms with Crippen LogP contribution in [-0.2, 0) is 0 Å². The third-order valence-electron chi connectivity index (χ3n) is 2.88. The van der Waals surface area contributed by atoms with Crippen molar-refractivity contribution in [2.75, 3.05) is 29.9 Å². The van der Waals surface area contributed by atoms with Gasteiger partial charge in [-0.25, -0.2) is 4.98 Å². The van der Waals surface area contributed by atoms with Gasteiger partial charge in [0.2, 0.25) is 0 Å². The normalized spacial score (nSPS) is 17.5. The maximum absolute atomic E-state index is 9.45. The first-order valence-corrected chi connectivity index (χ1v) is 5.93. The van der Waals surface area contributed by atoms with Gasteiger partial charge in [0.05, 0.1) is 6.10 Å². The molecule has 4 heteroatoms. The van der Waals surface area contributed by atoms with Crippen LogP contribution >= 0.6 is 0 Å². The minimum atomic E-state index is -0.131. The summed E-state index contributed by atoms with van der Waals surface area (Å²) >= 11 is 0. The maximum Gasteiger partial charge on any atom is 0.130 e. The van der Waals surface area contributed by atoms with Crippen LogP contribution in [-0.4, -0.2) is 35.8 Å². The lowest BCUT2D eigenvalue weighted by molar-refractivity contribution is 0.145. The smallest absolute Gasteiger partial charge is 0.130 e. The molecule has 0 aliphatic carbocycles. The number of piperidine rings is 1. The molecule has 1 aromatic rings. The third kappa shape index (κ3) is 2.64. The van der Waals surface area contributed by atoms with Crippen LogP contribution in [0.5, 0.6) is 0 Å². The number of nitrogens with zero attached hydrogens (tertiary/aromatic N) is 2. The Morgan fingerprint density at radius 2 is 2.19 bits per heavy atom. The van der Waals surface area contributed by atoms with Gasteiger partial charge >= 0.3 is 0 Å². The number of hydrogen-bond acceptors (Lipinski definition) is 4. The molecule has 0 atom stereocenters. The number of aromatic nitrogens is 1. The van der Waals surface area contributed by atoms with Gasteiger partial charge in [-0.05, 0) is 31.9 Å². The van der Waals surface area contributed by atoms with E-state index in [1.807, 2.05) is 18.2 Å². The van der Waals surface area contributed by atoms with Gasteiger partial charge in [0, 0.05) is 19.6 Å². The van der Waals surface area contributed by atoms with Gasteiger partial charge in [0.25, 0.3) is 0 Å². The molecule has 0 spiro atoms. The Morgan fingerprint density at radius 3 is 2.88 bits per heavy atom. The van der Waals surface area contributed by atoms with E-state index in [1.165, 1.54) is 0 Å². The van der Waals surface area contributed by atoms with Crippen LogP contribution in [0.4, 0.5) is 11.6 Å². The number of hydrogen-bond donors (Lipinski definition) is 2. The van der Waals surface area contributed by atoms with Crippen LogP contribution < -0.4 is 10.2 Å². The van der Waals surface area contributed by atoms with Gasteiger partial charge in [0.15, 0.2) is 0 Å². The average Bonchev–Trinajstić information content (AvgIpc) is 2.31. The van der Waals surface area contributed by atoms with Crippen molar-refractivity contribution >= 4 is 11.6 Å². The molecular weight excluding hydrogens is 202 g/mol. The largest absolute Gasteiger partial charge is 0.393 e. The van der Waals surface area contributed by atoms with Crippen molar-refractivity contribution in [3.8, 4) is 0 Å². The highest BCUT2D eigenvalue weighted by Gasteiger charge is 2.17. The number of nitrogens with one attached hydrogen (secondary N) is 1. The van der Waals surface area contributed by atoms with E-state index in [2.05, 4.69) is 22.1 Å². The molecule has 88 valence electrons. The summed E-state index contributed by atoms with van der Waals surface area (Å²) in [6.07, 6.45) is 1.55. The molecule has 0 radical (unpaired) electrons. The van der Waals surface area contributed by atoms with Crippen LogP contribution in [0, 0.1) is 0 Å². The Hall–Kier alpha value is -1.29. The highest BCUT2D eigenvalue weighted by atomic mass is 16.3. The Bertz CT molecular complexity index is 335. The first-order chi connectivity index (χ1) is 7.79. The topological polar surface area (TPSA) is 48.4 Å². The molecule has 0 saturated carbocycles. The molecular formula is C12H19N3O. The molecule has 1 aliphatic heterocycles. The molecule has 0 amide bonds. The van der Waals surface area contributed by atoms with Crippen molar-refractivity contribution in [3.63, 3.8) is 0 Å². The van der Waals surface area contributed by atoms with E-state index < -0.39 is 0 Å². The molecule has 4 nitrogen and oxygen atoms in total. The SMILES string of the molecule is CCNc1cccc(N2CCC(O)CC2)n1. The standard InChI is InChI=1S/C12H19N3O/c1-2-13-11-4-3-5-12(14-11)15-8-6-10(16)7-9-15/h3-5,10,16H,2,6-9H2,1H3,(H,13,14). The van der Waals surface area contributed by atoms with Crippen molar-refractivity contribution in [2.24, 2.45) is 0 Å². The molecule has 1 aromatic heterocycles. The highest BCUT2D eigenvalue weighted by Crippen LogP contribution is 2.19. The molecule has 0 bridgehead atoms. The Labute approximate surface area is 96.3 Å². The van der Waals surface area contributed by atoms with Gasteiger partial charge in [-0.3, -0.25) is 0 Å². The Morgan fingerprint density at radius 1 is 1.44 bits per heavy atom. The number of aliphatic hydroxyl groups is 1. The predicted octanol–water partition coefficient (Wildman–Crippen LogP) is 1.47. The van der Waals surface area contributed by atoms with Crippen LogP contribution in [0.2, 0.25) is 0 Å². The minimum Gasteiger partial charge on any atom is -0.393 e. The van der Waals surface area contributed by atoms with Crippen LogP contribution in [0.1, 0.15) is 19.8 Å². The summed E-state index contributed by atoms with van der Waals surface area (Å²) in [5.74, 6) is 1.93. The lowest BCUT2D eigenvalue weighted by Crippen LogP contribution is -2.36. The predicted molar refractivity (Wildman–Crippen MR) is 65.9 cm³/mol. The van der Waals surface area contributed by atoms with Gasteiger partial charge in [0.1, 0.15) is 11.6 Å². The van der Waals surface area contributed by atoms with Crippen molar-refractivity contribution in [3.05, 3.63) is 18.2 Å². The van der Waals surface area contributed by atoms with Crippen LogP contribution in [0.25, 0.3) is 0 Å². The summed E-state index contributed by atoms with van der Waals surface area (Å²) in [5, 5.41) is 12.7. The molecule has 2 rings (SSSR count). The van der Waals surface area contributed by atoms with E-state index in [4.69, 9.17) is 0 Å². The maximum atomic E-state index is 9.45. The van der Waals surface area contributed by atoms with E-state index in [-0.39, 0.29) is 6.10 Å². The zero-order valence-corrected chi connectivity index (χ0v) is 9.69. The summed E-state index contributed by atoms with van der Waals surface area (Å²) < 4.78 is 0. The second kappa shape index (κ2) is 5.16. The second-order valence-corrected chi connectivity index (χ2v) is 4.13. The van der Waals surface area contributed by atoms with Crippen LogP contribution in [0.3, 0.4) is 0 Å². The van der Waals surface area contributed by atoms with Crippen molar-refractivity contribution in [2.45, 2.75) is 25.9 Å². The molecule has 1 saturated heterocycles. The van der Waals surface area contributed by atoms with Crippen LogP contribution in [0.15, 0.2) is 18.2 Å². The van der Waals surface area contributed by atoms with Gasteiger partial charge in [-0.2, -0.15) is 0 Å². The first kappa shape index (κ1) is 11.2. The van der Waals surface area contributed by atoms with E-state index in [1.54, 1.807) is 0 Å². The molecule has 2 N–H and O–H groups in total. The monoisotopic (exact) mass is 221 g/mol. The molecule has 1 fully saturated rings. The molecule has 0 unspecified atom stereocenters. The molecule has 0 aromatic carbocycles. The summed E-state index contributed by atoms with van der Waals surface area (Å²) in [5.41, 5.74) is 0. The van der Waals surface area contributed by atoms with E-state index in [9.17, 15) is 5.11 Å². The Kier molecular flexibility index (Phi) is 3.62. The molecule has 1 aliphatic rings. The lowest BCUT2D eigenvalue weighted by Gasteiger charge is -2.30. The van der Waals surface area contributed by atoms with Gasteiger partial charge in [-0.1, -0.05) is 6.07 Å². The quantitative estimate of drug-likeness (QED) is 0.811. The number of rotatable bonds is 3. The fourth-order valence-electron chi connectivity index (χ4n) is 1.97. The first-order valence-electron chi connectivity index (χ1n) is 5.93. The second-order valence-electron chi connectivity index (χ2n) is 4.13. The third-order valence-corrected chi connectivity index (χ3v) is 2.88. The average molecular weight is 221 g/mol. The fraction of sp³-hybridized carbons (Fsp3) is 0.583. The number of aliphatic hydroxyl groups excluding tert-OH is 1. The molecule has 16 heavy (non-hydrogen) atoms. The van der Waals surface area contributed by atoms with Crippen molar-refractivity contribution < 1.29 is 5.11 Å².